The van der Waals surface area contributed by atoms with Crippen LogP contribution in [0.15, 0.2) is 29.1 Å². The second-order valence-electron chi connectivity index (χ2n) is 5.66. The van der Waals surface area contributed by atoms with Crippen LogP contribution >= 0.6 is 0 Å². The molecule has 0 spiro atoms. The zero-order chi connectivity index (χ0) is 18.7. The van der Waals surface area contributed by atoms with Crippen LogP contribution in [0.4, 0.5) is 5.82 Å². The SMILES string of the molecule is CC(C)OCc1ccc(-c2c(C(=O)O)c(N)[nH]c(=O)c2C(=O)O)cc1. The first-order valence-electron chi connectivity index (χ1n) is 7.45. The van der Waals surface area contributed by atoms with Gasteiger partial charge in [0.1, 0.15) is 16.9 Å². The average Bonchev–Trinajstić information content (AvgIpc) is 2.51. The highest BCUT2D eigenvalue weighted by Crippen LogP contribution is 2.29. The molecule has 1 aromatic heterocycles. The minimum absolute atomic E-state index is 0.0457. The largest absolute Gasteiger partial charge is 0.478 e. The number of carboxylic acids is 2. The summed E-state index contributed by atoms with van der Waals surface area (Å²) >= 11 is 0. The maximum atomic E-state index is 12.0. The van der Waals surface area contributed by atoms with E-state index in [0.717, 1.165) is 5.56 Å². The summed E-state index contributed by atoms with van der Waals surface area (Å²) in [5, 5.41) is 18.7. The third kappa shape index (κ3) is 3.86. The van der Waals surface area contributed by atoms with Crippen molar-refractivity contribution in [3.05, 3.63) is 51.3 Å². The molecule has 0 saturated heterocycles. The molecule has 1 aromatic carbocycles. The van der Waals surface area contributed by atoms with E-state index in [4.69, 9.17) is 10.5 Å². The molecule has 8 nitrogen and oxygen atoms in total. The van der Waals surface area contributed by atoms with Gasteiger partial charge in [-0.3, -0.25) is 4.79 Å². The van der Waals surface area contributed by atoms with Crippen LogP contribution in [0.2, 0.25) is 0 Å². The molecule has 0 unspecified atom stereocenters. The van der Waals surface area contributed by atoms with Crippen LogP contribution in [0.5, 0.6) is 0 Å². The molecule has 1 heterocycles. The van der Waals surface area contributed by atoms with Gasteiger partial charge < -0.3 is 25.7 Å². The lowest BCUT2D eigenvalue weighted by atomic mass is 9.95. The number of hydrogen-bond acceptors (Lipinski definition) is 5. The first kappa shape index (κ1) is 18.2. The lowest BCUT2D eigenvalue weighted by Gasteiger charge is -2.13. The van der Waals surface area contributed by atoms with Crippen molar-refractivity contribution in [2.24, 2.45) is 0 Å². The van der Waals surface area contributed by atoms with Crippen molar-refractivity contribution in [2.45, 2.75) is 26.6 Å². The summed E-state index contributed by atoms with van der Waals surface area (Å²) in [7, 11) is 0. The van der Waals surface area contributed by atoms with Crippen LogP contribution in [0, 0.1) is 0 Å². The Kier molecular flexibility index (Phi) is 5.23. The Morgan fingerprint density at radius 3 is 2.16 bits per heavy atom. The van der Waals surface area contributed by atoms with Crippen molar-refractivity contribution in [1.29, 1.82) is 0 Å². The van der Waals surface area contributed by atoms with E-state index in [2.05, 4.69) is 4.98 Å². The van der Waals surface area contributed by atoms with Gasteiger partial charge in [-0.05, 0) is 25.0 Å². The van der Waals surface area contributed by atoms with Crippen molar-refractivity contribution in [1.82, 2.24) is 4.98 Å². The van der Waals surface area contributed by atoms with Gasteiger partial charge in [0, 0.05) is 5.56 Å². The molecule has 0 amide bonds. The third-order valence-corrected chi connectivity index (χ3v) is 3.50. The van der Waals surface area contributed by atoms with Gasteiger partial charge >= 0.3 is 11.9 Å². The number of H-pyrrole nitrogens is 1. The fourth-order valence-corrected chi connectivity index (χ4v) is 2.37. The first-order valence-corrected chi connectivity index (χ1v) is 7.45. The number of nitrogens with two attached hydrogens (primary N) is 1. The fraction of sp³-hybridized carbons (Fsp3) is 0.235. The molecular formula is C17H18N2O6. The summed E-state index contributed by atoms with van der Waals surface area (Å²) in [4.78, 5) is 37.0. The summed E-state index contributed by atoms with van der Waals surface area (Å²) in [6, 6.07) is 6.41. The van der Waals surface area contributed by atoms with E-state index in [1.807, 2.05) is 13.8 Å². The zero-order valence-electron chi connectivity index (χ0n) is 13.7. The van der Waals surface area contributed by atoms with Gasteiger partial charge in [-0.2, -0.15) is 0 Å². The number of carboxylic acid groups (broad SMARTS) is 2. The standard InChI is InChI=1S/C17H18N2O6/c1-8(2)25-7-9-3-5-10(6-4-9)11-12(16(21)22)14(18)19-15(20)13(11)17(23)24/h3-6,8H,7H2,1-2H3,(H,21,22)(H,23,24)(H3,18,19,20). The number of aromatic amines is 1. The fourth-order valence-electron chi connectivity index (χ4n) is 2.37. The highest BCUT2D eigenvalue weighted by Gasteiger charge is 2.26. The van der Waals surface area contributed by atoms with E-state index < -0.39 is 34.4 Å². The van der Waals surface area contributed by atoms with Crippen molar-refractivity contribution < 1.29 is 24.5 Å². The van der Waals surface area contributed by atoms with Gasteiger partial charge in [0.2, 0.25) is 0 Å². The quantitative estimate of drug-likeness (QED) is 0.626. The zero-order valence-corrected chi connectivity index (χ0v) is 13.7. The molecule has 0 saturated carbocycles. The number of aromatic carboxylic acids is 2. The van der Waals surface area contributed by atoms with Crippen LogP contribution in [0.25, 0.3) is 11.1 Å². The minimum atomic E-state index is -1.54. The molecule has 0 aliphatic carbocycles. The van der Waals surface area contributed by atoms with Crippen LogP contribution in [-0.2, 0) is 11.3 Å². The van der Waals surface area contributed by atoms with E-state index in [-0.39, 0.29) is 17.2 Å². The highest BCUT2D eigenvalue weighted by molar-refractivity contribution is 6.07. The predicted molar refractivity (Wildman–Crippen MR) is 90.8 cm³/mol. The Morgan fingerprint density at radius 1 is 1.12 bits per heavy atom. The minimum Gasteiger partial charge on any atom is -0.478 e. The van der Waals surface area contributed by atoms with Gasteiger partial charge in [-0.25, -0.2) is 9.59 Å². The Hall–Kier alpha value is -3.13. The van der Waals surface area contributed by atoms with Crippen molar-refractivity contribution in [3.63, 3.8) is 0 Å². The molecule has 2 aromatic rings. The molecule has 2 rings (SSSR count). The second kappa shape index (κ2) is 7.18. The van der Waals surface area contributed by atoms with Gasteiger partial charge in [0.25, 0.3) is 5.56 Å². The average molecular weight is 346 g/mol. The summed E-state index contributed by atoms with van der Waals surface area (Å²) in [6.45, 7) is 4.14. The first-order chi connectivity index (χ1) is 11.7. The number of pyridine rings is 1. The Labute approximate surface area is 142 Å². The molecule has 0 atom stereocenters. The number of anilines is 1. The summed E-state index contributed by atoms with van der Waals surface area (Å²) < 4.78 is 5.47. The Morgan fingerprint density at radius 2 is 1.68 bits per heavy atom. The molecule has 0 radical (unpaired) electrons. The Balaban J connectivity index is 2.63. The normalized spacial score (nSPS) is 10.8. The summed E-state index contributed by atoms with van der Waals surface area (Å²) in [5.74, 6) is -3.37. The van der Waals surface area contributed by atoms with Gasteiger partial charge in [-0.15, -0.1) is 0 Å². The summed E-state index contributed by atoms with van der Waals surface area (Å²) in [5.41, 5.74) is 4.37. The monoisotopic (exact) mass is 346 g/mol. The highest BCUT2D eigenvalue weighted by atomic mass is 16.5. The van der Waals surface area contributed by atoms with Crippen LogP contribution in [0.1, 0.15) is 40.1 Å². The molecule has 25 heavy (non-hydrogen) atoms. The van der Waals surface area contributed by atoms with Crippen LogP contribution in [-0.4, -0.2) is 33.2 Å². The Bertz CT molecular complexity index is 868. The maximum Gasteiger partial charge on any atom is 0.342 e. The lowest BCUT2D eigenvalue weighted by Crippen LogP contribution is -2.24. The summed E-state index contributed by atoms with van der Waals surface area (Å²) in [6.07, 6.45) is 0.0457. The van der Waals surface area contributed by atoms with Gasteiger partial charge in [0.15, 0.2) is 0 Å². The number of aromatic nitrogens is 1. The molecule has 5 N–H and O–H groups in total. The second-order valence-corrected chi connectivity index (χ2v) is 5.66. The molecule has 0 fully saturated rings. The number of rotatable bonds is 6. The number of nitrogens with one attached hydrogen (secondary N) is 1. The molecular weight excluding hydrogens is 328 g/mol. The van der Waals surface area contributed by atoms with E-state index >= 15 is 0 Å². The molecule has 0 aliphatic rings. The van der Waals surface area contributed by atoms with Crippen molar-refractivity contribution in [2.75, 3.05) is 5.73 Å². The number of benzene rings is 1. The molecule has 132 valence electrons. The number of nitrogen functional groups attached to an aromatic ring is 1. The predicted octanol–water partition coefficient (Wildman–Crippen LogP) is 1.95. The van der Waals surface area contributed by atoms with Gasteiger partial charge in [-0.1, -0.05) is 24.3 Å². The molecule has 0 aliphatic heterocycles. The molecule has 8 heteroatoms. The van der Waals surface area contributed by atoms with E-state index in [0.29, 0.717) is 6.61 Å². The van der Waals surface area contributed by atoms with Crippen molar-refractivity contribution in [3.8, 4) is 11.1 Å². The van der Waals surface area contributed by atoms with E-state index in [1.165, 1.54) is 12.1 Å². The number of carbonyl (C=O) groups is 2. The number of ether oxygens (including phenoxy) is 1. The maximum absolute atomic E-state index is 12.0. The topological polar surface area (TPSA) is 143 Å². The smallest absolute Gasteiger partial charge is 0.342 e. The third-order valence-electron chi connectivity index (χ3n) is 3.50. The molecule has 0 bridgehead atoms. The van der Waals surface area contributed by atoms with E-state index in [1.54, 1.807) is 12.1 Å². The van der Waals surface area contributed by atoms with Crippen LogP contribution < -0.4 is 11.3 Å². The van der Waals surface area contributed by atoms with Crippen molar-refractivity contribution >= 4 is 17.8 Å². The van der Waals surface area contributed by atoms with E-state index in [9.17, 15) is 24.6 Å². The van der Waals surface area contributed by atoms with Crippen LogP contribution in [0.3, 0.4) is 0 Å². The number of hydrogen-bond donors (Lipinski definition) is 4. The van der Waals surface area contributed by atoms with Gasteiger partial charge in [0.05, 0.1) is 12.7 Å². The lowest BCUT2D eigenvalue weighted by molar-refractivity contribution is 0.0656.